The zero-order chi connectivity index (χ0) is 21.0. The molecule has 8 heteroatoms. The molecule has 0 saturated carbocycles. The summed E-state index contributed by atoms with van der Waals surface area (Å²) in [4.78, 5) is 25.9. The zero-order valence-corrected chi connectivity index (χ0v) is 19.1. The van der Waals surface area contributed by atoms with E-state index in [9.17, 15) is 9.59 Å². The predicted octanol–water partition coefficient (Wildman–Crippen LogP) is 6.14. The number of ether oxygens (including phenoxy) is 2. The lowest BCUT2D eigenvalue weighted by atomic mass is 10.1. The molecular formula is C21H19BrClNO4S. The largest absolute Gasteiger partial charge is 0.490 e. The van der Waals surface area contributed by atoms with Crippen LogP contribution in [0.25, 0.3) is 6.08 Å². The Bertz CT molecular complexity index is 962. The van der Waals surface area contributed by atoms with Gasteiger partial charge in [-0.25, -0.2) is 0 Å². The Morgan fingerprint density at radius 2 is 1.86 bits per heavy atom. The Morgan fingerprint density at radius 1 is 1.14 bits per heavy atom. The Morgan fingerprint density at radius 3 is 2.48 bits per heavy atom. The number of rotatable bonds is 7. The number of likely N-dealkylation sites (N-methyl/N-ethyl adjacent to an activating group) is 1. The van der Waals surface area contributed by atoms with Gasteiger partial charge in [0.2, 0.25) is 0 Å². The summed E-state index contributed by atoms with van der Waals surface area (Å²) in [6.07, 6.45) is 1.69. The first-order valence-electron chi connectivity index (χ1n) is 9.01. The third-order valence-electron chi connectivity index (χ3n) is 4.12. The second-order valence-corrected chi connectivity index (χ2v) is 8.39. The first-order chi connectivity index (χ1) is 13.9. The number of benzene rings is 2. The van der Waals surface area contributed by atoms with E-state index in [1.807, 2.05) is 37.3 Å². The second-order valence-electron chi connectivity index (χ2n) is 6.10. The summed E-state index contributed by atoms with van der Waals surface area (Å²) >= 11 is 10.4. The SMILES string of the molecule is CCOc1cc(/C=C2/SC(=O)N(CC)C2=O)cc(Br)c1OCc1ccc(Cl)cc1. The van der Waals surface area contributed by atoms with Crippen molar-refractivity contribution in [2.24, 2.45) is 0 Å². The molecule has 2 aromatic carbocycles. The van der Waals surface area contributed by atoms with Crippen molar-refractivity contribution in [1.82, 2.24) is 4.90 Å². The molecule has 0 aliphatic carbocycles. The van der Waals surface area contributed by atoms with E-state index in [1.54, 1.807) is 19.1 Å². The molecule has 0 aromatic heterocycles. The van der Waals surface area contributed by atoms with Gasteiger partial charge in [-0.05, 0) is 83.0 Å². The van der Waals surface area contributed by atoms with Crippen LogP contribution in [0.4, 0.5) is 4.79 Å². The van der Waals surface area contributed by atoms with Gasteiger partial charge in [-0.3, -0.25) is 14.5 Å². The fourth-order valence-electron chi connectivity index (χ4n) is 2.73. The predicted molar refractivity (Wildman–Crippen MR) is 119 cm³/mol. The highest BCUT2D eigenvalue weighted by molar-refractivity contribution is 9.10. The molecule has 2 amide bonds. The van der Waals surface area contributed by atoms with Gasteiger partial charge >= 0.3 is 0 Å². The summed E-state index contributed by atoms with van der Waals surface area (Å²) in [7, 11) is 0. The molecule has 1 saturated heterocycles. The van der Waals surface area contributed by atoms with Gasteiger partial charge < -0.3 is 9.47 Å². The second kappa shape index (κ2) is 9.69. The minimum atomic E-state index is -0.278. The zero-order valence-electron chi connectivity index (χ0n) is 15.9. The summed E-state index contributed by atoms with van der Waals surface area (Å²) in [5.74, 6) is 0.845. The first kappa shape index (κ1) is 21.7. The highest BCUT2D eigenvalue weighted by Crippen LogP contribution is 2.39. The lowest BCUT2D eigenvalue weighted by molar-refractivity contribution is -0.122. The number of halogens is 2. The van der Waals surface area contributed by atoms with Crippen molar-refractivity contribution >= 4 is 56.5 Å². The van der Waals surface area contributed by atoms with E-state index in [2.05, 4.69) is 15.9 Å². The molecule has 1 fully saturated rings. The molecule has 0 N–H and O–H groups in total. The quantitative estimate of drug-likeness (QED) is 0.431. The van der Waals surface area contributed by atoms with Crippen LogP contribution in [-0.2, 0) is 11.4 Å². The van der Waals surface area contributed by atoms with Gasteiger partial charge in [0.25, 0.3) is 11.1 Å². The third-order valence-corrected chi connectivity index (χ3v) is 5.86. The number of carbonyl (C=O) groups is 2. The molecule has 2 aromatic rings. The standard InChI is InChI=1S/C21H19BrClNO4S/c1-3-24-20(25)18(29-21(24)26)11-14-9-16(22)19(17(10-14)27-4-2)28-12-13-5-7-15(23)8-6-13/h5-11H,3-4,12H2,1-2H3/b18-11+. The molecular weight excluding hydrogens is 478 g/mol. The highest BCUT2D eigenvalue weighted by Gasteiger charge is 2.33. The lowest BCUT2D eigenvalue weighted by Crippen LogP contribution is -2.27. The van der Waals surface area contributed by atoms with Crippen LogP contribution in [-0.4, -0.2) is 29.2 Å². The molecule has 3 rings (SSSR count). The van der Waals surface area contributed by atoms with Gasteiger partial charge in [-0.1, -0.05) is 23.7 Å². The van der Waals surface area contributed by atoms with Crippen molar-refractivity contribution in [3.05, 3.63) is 61.9 Å². The van der Waals surface area contributed by atoms with E-state index in [-0.39, 0.29) is 11.1 Å². The van der Waals surface area contributed by atoms with Gasteiger partial charge in [-0.2, -0.15) is 0 Å². The number of hydrogen-bond acceptors (Lipinski definition) is 5. The van der Waals surface area contributed by atoms with Crippen LogP contribution in [0.2, 0.25) is 5.02 Å². The molecule has 0 radical (unpaired) electrons. The van der Waals surface area contributed by atoms with Crippen LogP contribution < -0.4 is 9.47 Å². The maximum atomic E-state index is 12.3. The smallest absolute Gasteiger partial charge is 0.293 e. The molecule has 1 heterocycles. The van der Waals surface area contributed by atoms with E-state index >= 15 is 0 Å². The van der Waals surface area contributed by atoms with Gasteiger partial charge in [-0.15, -0.1) is 0 Å². The van der Waals surface area contributed by atoms with E-state index in [0.29, 0.717) is 45.7 Å². The molecule has 0 atom stereocenters. The van der Waals surface area contributed by atoms with Gasteiger partial charge in [0.1, 0.15) is 6.61 Å². The Hall–Kier alpha value is -1.96. The van der Waals surface area contributed by atoms with Crippen LogP contribution in [0, 0.1) is 0 Å². The molecule has 0 spiro atoms. The van der Waals surface area contributed by atoms with E-state index in [4.69, 9.17) is 21.1 Å². The van der Waals surface area contributed by atoms with E-state index in [0.717, 1.165) is 22.9 Å². The van der Waals surface area contributed by atoms with Crippen LogP contribution in [0.3, 0.4) is 0 Å². The summed E-state index contributed by atoms with van der Waals surface area (Å²) in [6, 6.07) is 11.0. The molecule has 0 unspecified atom stereocenters. The van der Waals surface area contributed by atoms with Crippen molar-refractivity contribution in [1.29, 1.82) is 0 Å². The normalized spacial score (nSPS) is 15.3. The Kier molecular flexibility index (Phi) is 7.27. The van der Waals surface area contributed by atoms with Crippen LogP contribution in [0.1, 0.15) is 25.0 Å². The average molecular weight is 497 g/mol. The van der Waals surface area contributed by atoms with Crippen LogP contribution >= 0.6 is 39.3 Å². The topological polar surface area (TPSA) is 55.8 Å². The molecule has 1 aliphatic heterocycles. The Balaban J connectivity index is 1.86. The minimum Gasteiger partial charge on any atom is -0.490 e. The summed E-state index contributed by atoms with van der Waals surface area (Å²) in [5.41, 5.74) is 1.71. The highest BCUT2D eigenvalue weighted by atomic mass is 79.9. The number of nitrogens with zero attached hydrogens (tertiary/aromatic N) is 1. The molecule has 5 nitrogen and oxygen atoms in total. The summed E-state index contributed by atoms with van der Waals surface area (Å²) in [5, 5.41) is 0.414. The number of imide groups is 1. The number of carbonyl (C=O) groups excluding carboxylic acids is 2. The average Bonchev–Trinajstić information content (AvgIpc) is 2.95. The number of hydrogen-bond donors (Lipinski definition) is 0. The summed E-state index contributed by atoms with van der Waals surface area (Å²) < 4.78 is 12.4. The molecule has 1 aliphatic rings. The maximum absolute atomic E-state index is 12.3. The number of amides is 2. The fraction of sp³-hybridized carbons (Fsp3) is 0.238. The van der Waals surface area contributed by atoms with Crippen molar-refractivity contribution in [2.45, 2.75) is 20.5 Å². The maximum Gasteiger partial charge on any atom is 0.293 e. The third kappa shape index (κ3) is 5.15. The first-order valence-corrected chi connectivity index (χ1v) is 11.0. The lowest BCUT2D eigenvalue weighted by Gasteiger charge is -2.15. The van der Waals surface area contributed by atoms with Crippen LogP contribution in [0.5, 0.6) is 11.5 Å². The van der Waals surface area contributed by atoms with Gasteiger partial charge in [0.15, 0.2) is 11.5 Å². The van der Waals surface area contributed by atoms with Crippen molar-refractivity contribution in [3.8, 4) is 11.5 Å². The number of thioether (sulfide) groups is 1. The van der Waals surface area contributed by atoms with Crippen molar-refractivity contribution < 1.29 is 19.1 Å². The fourth-order valence-corrected chi connectivity index (χ4v) is 4.34. The van der Waals surface area contributed by atoms with E-state index < -0.39 is 0 Å². The molecule has 0 bridgehead atoms. The van der Waals surface area contributed by atoms with Gasteiger partial charge in [0.05, 0.1) is 16.0 Å². The van der Waals surface area contributed by atoms with Crippen LogP contribution in [0.15, 0.2) is 45.8 Å². The van der Waals surface area contributed by atoms with Crippen molar-refractivity contribution in [2.75, 3.05) is 13.2 Å². The monoisotopic (exact) mass is 495 g/mol. The van der Waals surface area contributed by atoms with Gasteiger partial charge in [0, 0.05) is 11.6 Å². The molecule has 152 valence electrons. The van der Waals surface area contributed by atoms with Crippen molar-refractivity contribution in [3.63, 3.8) is 0 Å². The van der Waals surface area contributed by atoms with E-state index in [1.165, 1.54) is 4.90 Å². The Labute approximate surface area is 187 Å². The molecule has 29 heavy (non-hydrogen) atoms. The summed E-state index contributed by atoms with van der Waals surface area (Å²) in [6.45, 7) is 4.82. The minimum absolute atomic E-state index is 0.254.